The number of benzene rings is 4. The van der Waals surface area contributed by atoms with Crippen LogP contribution in [0.4, 0.5) is 26.3 Å². The topological polar surface area (TPSA) is 121 Å². The molecule has 238 valence electrons. The molecule has 50 heavy (non-hydrogen) atoms. The summed E-state index contributed by atoms with van der Waals surface area (Å²) in [6.45, 7) is 0. The molecule has 0 amide bonds. The second-order valence-corrected chi connectivity index (χ2v) is 11.2. The van der Waals surface area contributed by atoms with Crippen LogP contribution in [0, 0.1) is 45.3 Å². The van der Waals surface area contributed by atoms with Crippen molar-refractivity contribution in [1.82, 2.24) is 9.97 Å². The van der Waals surface area contributed by atoms with Gasteiger partial charge >= 0.3 is 12.4 Å². The van der Waals surface area contributed by atoms with E-state index in [0.717, 1.165) is 24.3 Å². The van der Waals surface area contributed by atoms with Crippen molar-refractivity contribution in [3.8, 4) is 69.0 Å². The highest BCUT2D eigenvalue weighted by Crippen LogP contribution is 2.51. The third-order valence-corrected chi connectivity index (χ3v) is 8.47. The molecule has 7 rings (SSSR count). The van der Waals surface area contributed by atoms with E-state index in [1.807, 2.05) is 24.3 Å². The van der Waals surface area contributed by atoms with E-state index in [0.29, 0.717) is 38.9 Å². The minimum Gasteiger partial charge on any atom is -0.243 e. The van der Waals surface area contributed by atoms with E-state index in [-0.39, 0.29) is 50.6 Å². The summed E-state index contributed by atoms with van der Waals surface area (Å²) in [5, 5.41) is 39.7. The van der Waals surface area contributed by atoms with Crippen LogP contribution in [0.2, 0.25) is 0 Å². The fourth-order valence-electron chi connectivity index (χ4n) is 6.20. The van der Waals surface area contributed by atoms with Gasteiger partial charge in [-0.15, -0.1) is 0 Å². The summed E-state index contributed by atoms with van der Waals surface area (Å²) in [6.07, 6.45) is -9.11. The van der Waals surface area contributed by atoms with Gasteiger partial charge in [0.05, 0.1) is 22.5 Å². The molecule has 0 fully saturated rings. The Morgan fingerprint density at radius 1 is 0.440 bits per heavy atom. The summed E-state index contributed by atoms with van der Waals surface area (Å²) >= 11 is 0. The van der Waals surface area contributed by atoms with Crippen molar-refractivity contribution in [2.24, 2.45) is 0 Å². The van der Waals surface area contributed by atoms with E-state index in [1.54, 1.807) is 36.4 Å². The first-order valence-corrected chi connectivity index (χ1v) is 14.5. The lowest BCUT2D eigenvalue weighted by molar-refractivity contribution is -0.138. The number of allylic oxidation sites excluding steroid dienone is 2. The van der Waals surface area contributed by atoms with Crippen LogP contribution in [0.5, 0.6) is 0 Å². The fraction of sp³-hybridized carbons (Fsp3) is 0.0526. The number of fused-ring (bicyclic) bond motifs is 6. The largest absolute Gasteiger partial charge is 0.416 e. The van der Waals surface area contributed by atoms with E-state index in [9.17, 15) is 47.4 Å². The third kappa shape index (κ3) is 4.95. The van der Waals surface area contributed by atoms with Gasteiger partial charge < -0.3 is 0 Å². The predicted molar refractivity (Wildman–Crippen MR) is 168 cm³/mol. The lowest BCUT2D eigenvalue weighted by Gasteiger charge is -2.10. The zero-order valence-corrected chi connectivity index (χ0v) is 25.0. The Bertz CT molecular complexity index is 2520. The number of aromatic nitrogens is 2. The summed E-state index contributed by atoms with van der Waals surface area (Å²) in [7, 11) is 0. The molecule has 2 aliphatic rings. The quantitative estimate of drug-likeness (QED) is 0.134. The van der Waals surface area contributed by atoms with Gasteiger partial charge in [-0.3, -0.25) is 0 Å². The minimum atomic E-state index is -4.58. The van der Waals surface area contributed by atoms with Crippen molar-refractivity contribution in [3.05, 3.63) is 130 Å². The van der Waals surface area contributed by atoms with Gasteiger partial charge in [0.25, 0.3) is 0 Å². The number of nitrogens with zero attached hydrogens (tertiary/aromatic N) is 6. The maximum absolute atomic E-state index is 13.5. The van der Waals surface area contributed by atoms with Crippen LogP contribution in [0.25, 0.3) is 55.9 Å². The van der Waals surface area contributed by atoms with Crippen molar-refractivity contribution in [3.63, 3.8) is 0 Å². The Morgan fingerprint density at radius 2 is 0.860 bits per heavy atom. The summed E-state index contributed by atoms with van der Waals surface area (Å²) in [5.74, 6) is 0. The smallest absolute Gasteiger partial charge is 0.243 e. The molecule has 0 saturated carbocycles. The Balaban J connectivity index is 1.42. The van der Waals surface area contributed by atoms with Gasteiger partial charge in [-0.1, -0.05) is 48.5 Å². The first-order chi connectivity index (χ1) is 23.9. The van der Waals surface area contributed by atoms with Gasteiger partial charge in [0, 0.05) is 22.3 Å². The second kappa shape index (κ2) is 11.3. The van der Waals surface area contributed by atoms with Crippen molar-refractivity contribution in [1.29, 1.82) is 21.0 Å². The molecule has 0 atom stereocenters. The number of rotatable bonds is 2. The van der Waals surface area contributed by atoms with Crippen LogP contribution in [0.1, 0.15) is 33.6 Å². The zero-order valence-electron chi connectivity index (χ0n) is 25.0. The molecule has 0 unspecified atom stereocenters. The van der Waals surface area contributed by atoms with Gasteiger partial charge in [-0.25, -0.2) is 9.97 Å². The van der Waals surface area contributed by atoms with Crippen LogP contribution in [-0.2, 0) is 12.4 Å². The van der Waals surface area contributed by atoms with Gasteiger partial charge in [0.15, 0.2) is 0 Å². The predicted octanol–water partition coefficient (Wildman–Crippen LogP) is 9.51. The molecule has 0 aliphatic heterocycles. The number of halogens is 6. The van der Waals surface area contributed by atoms with Gasteiger partial charge in [0.1, 0.15) is 46.8 Å². The molecule has 2 aliphatic carbocycles. The van der Waals surface area contributed by atoms with Crippen molar-refractivity contribution in [2.75, 3.05) is 0 Å². The van der Waals surface area contributed by atoms with E-state index < -0.39 is 23.5 Å². The number of alkyl halides is 6. The third-order valence-electron chi connectivity index (χ3n) is 8.47. The van der Waals surface area contributed by atoms with Crippen LogP contribution in [-0.4, -0.2) is 9.97 Å². The summed E-state index contributed by atoms with van der Waals surface area (Å²) in [6, 6.07) is 26.4. The maximum atomic E-state index is 13.5. The molecule has 12 heteroatoms. The number of hydrogen-bond donors (Lipinski definition) is 0. The van der Waals surface area contributed by atoms with Gasteiger partial charge in [-0.2, -0.15) is 47.4 Å². The molecular weight excluding hydrogens is 654 g/mol. The molecule has 1 heterocycles. The Kier molecular flexibility index (Phi) is 7.14. The van der Waals surface area contributed by atoms with E-state index in [4.69, 9.17) is 9.97 Å². The van der Waals surface area contributed by atoms with Gasteiger partial charge in [0.2, 0.25) is 0 Å². The molecular formula is C38H14F6N6. The molecule has 4 aromatic carbocycles. The number of hydrogen-bond acceptors (Lipinski definition) is 6. The van der Waals surface area contributed by atoms with Crippen molar-refractivity contribution in [2.45, 2.75) is 12.4 Å². The maximum Gasteiger partial charge on any atom is 0.416 e. The van der Waals surface area contributed by atoms with E-state index in [2.05, 4.69) is 0 Å². The van der Waals surface area contributed by atoms with Crippen LogP contribution < -0.4 is 0 Å². The standard InChI is InChI=1S/C38H14F6N6/c39-37(40,41)25-8-4-19(5-9-25)21-6-10-27-29(13-21)31(23(15-45)16-46)35-33(27)49-36-32(24(17-47)18-48)30-14-22(7-11-28(30)34(36)50-35)20-2-1-3-26(12-20)38(42,43)44/h1-14H. The lowest BCUT2D eigenvalue weighted by atomic mass is 9.95. The monoisotopic (exact) mass is 668 g/mol. The lowest BCUT2D eigenvalue weighted by Crippen LogP contribution is -2.04. The van der Waals surface area contributed by atoms with Crippen molar-refractivity contribution >= 4 is 11.1 Å². The number of nitriles is 4. The molecule has 0 bridgehead atoms. The summed E-state index contributed by atoms with van der Waals surface area (Å²) in [4.78, 5) is 9.66. The molecule has 0 saturated heterocycles. The van der Waals surface area contributed by atoms with Crippen molar-refractivity contribution < 1.29 is 26.3 Å². The van der Waals surface area contributed by atoms with Gasteiger partial charge in [-0.05, 0) is 69.8 Å². The molecule has 1 aromatic heterocycles. The molecule has 0 spiro atoms. The normalized spacial score (nSPS) is 12.4. The highest BCUT2D eigenvalue weighted by molar-refractivity contribution is 6.07. The first kappa shape index (κ1) is 31.6. The van der Waals surface area contributed by atoms with E-state index in [1.165, 1.54) is 24.3 Å². The average molecular weight is 669 g/mol. The Morgan fingerprint density at radius 3 is 1.30 bits per heavy atom. The molecule has 5 aromatic rings. The average Bonchev–Trinajstić information content (AvgIpc) is 3.59. The highest BCUT2D eigenvalue weighted by Gasteiger charge is 2.37. The minimum absolute atomic E-state index is 0.116. The molecule has 0 N–H and O–H groups in total. The van der Waals surface area contributed by atoms with Crippen LogP contribution in [0.3, 0.4) is 0 Å². The second-order valence-electron chi connectivity index (χ2n) is 11.2. The summed E-state index contributed by atoms with van der Waals surface area (Å²) in [5.41, 5.74) is 1.85. The molecule has 6 nitrogen and oxygen atoms in total. The summed E-state index contributed by atoms with van der Waals surface area (Å²) < 4.78 is 80.0. The SMILES string of the molecule is N#CC(C#N)=C1c2cc(-c3ccc(C(F)(F)F)cc3)ccc2-c2nc3c(nc21)-c1ccc(-c2cccc(C(F)(F)F)c2)cc1C3=C(C#N)C#N. The Labute approximate surface area is 279 Å². The van der Waals surface area contributed by atoms with Crippen LogP contribution >= 0.6 is 0 Å². The Hall–Kier alpha value is -7.02. The zero-order chi connectivity index (χ0) is 35.5. The van der Waals surface area contributed by atoms with E-state index >= 15 is 0 Å². The highest BCUT2D eigenvalue weighted by atomic mass is 19.4. The van der Waals surface area contributed by atoms with Crippen LogP contribution in [0.15, 0.2) is 96.1 Å². The molecule has 0 radical (unpaired) electrons. The first-order valence-electron chi connectivity index (χ1n) is 14.5. The fourth-order valence-corrected chi connectivity index (χ4v) is 6.20.